The summed E-state index contributed by atoms with van der Waals surface area (Å²) < 4.78 is 13.2. The first-order chi connectivity index (χ1) is 8.08. The Labute approximate surface area is 107 Å². The Kier molecular flexibility index (Phi) is 5.37. The maximum Gasteiger partial charge on any atom is 0.142 e. The average Bonchev–Trinajstić information content (AvgIpc) is 2.36. The summed E-state index contributed by atoms with van der Waals surface area (Å²) >= 11 is 5.87. The number of nitrogens with one attached hydrogen (secondary N) is 1. The van der Waals surface area contributed by atoms with Gasteiger partial charge in [-0.05, 0) is 24.5 Å². The van der Waals surface area contributed by atoms with E-state index in [1.54, 1.807) is 12.1 Å². The Morgan fingerprint density at radius 3 is 2.53 bits per heavy atom. The molecule has 0 aliphatic rings. The first-order valence-electron chi connectivity index (χ1n) is 5.87. The molecule has 4 heteroatoms. The molecule has 0 radical (unpaired) electrons. The molecule has 0 unspecified atom stereocenters. The van der Waals surface area contributed by atoms with Gasteiger partial charge < -0.3 is 10.4 Å². The van der Waals surface area contributed by atoms with E-state index in [0.29, 0.717) is 12.1 Å². The summed E-state index contributed by atoms with van der Waals surface area (Å²) in [5.41, 5.74) is 0.404. The number of aliphatic hydroxyl groups is 1. The molecule has 1 aromatic carbocycles. The first-order valence-corrected chi connectivity index (χ1v) is 6.25. The van der Waals surface area contributed by atoms with Gasteiger partial charge in [0.2, 0.25) is 0 Å². The van der Waals surface area contributed by atoms with Gasteiger partial charge in [0.1, 0.15) is 5.82 Å². The van der Waals surface area contributed by atoms with Crippen molar-refractivity contribution >= 4 is 11.6 Å². The third kappa shape index (κ3) is 3.41. The maximum absolute atomic E-state index is 13.2. The molecule has 1 rings (SSSR count). The monoisotopic (exact) mass is 259 g/mol. The molecule has 0 aliphatic carbocycles. The molecule has 0 bridgehead atoms. The van der Waals surface area contributed by atoms with Crippen molar-refractivity contribution in [3.05, 3.63) is 34.6 Å². The molecular formula is C13H19ClFNO. The van der Waals surface area contributed by atoms with Crippen LogP contribution in [0.1, 0.15) is 32.3 Å². The van der Waals surface area contributed by atoms with Crippen LogP contribution in [0.2, 0.25) is 5.02 Å². The number of halogens is 2. The second-order valence-corrected chi connectivity index (χ2v) is 4.59. The predicted molar refractivity (Wildman–Crippen MR) is 68.6 cm³/mol. The zero-order valence-corrected chi connectivity index (χ0v) is 11.0. The lowest BCUT2D eigenvalue weighted by atomic mass is 9.93. The lowest BCUT2D eigenvalue weighted by Gasteiger charge is -2.31. The maximum atomic E-state index is 13.2. The van der Waals surface area contributed by atoms with Gasteiger partial charge in [0, 0.05) is 12.1 Å². The van der Waals surface area contributed by atoms with Crippen molar-refractivity contribution in [1.29, 1.82) is 0 Å². The molecule has 2 N–H and O–H groups in total. The molecule has 0 saturated carbocycles. The van der Waals surface area contributed by atoms with Gasteiger partial charge in [0.25, 0.3) is 0 Å². The van der Waals surface area contributed by atoms with Gasteiger partial charge >= 0.3 is 0 Å². The van der Waals surface area contributed by atoms with Crippen molar-refractivity contribution in [2.45, 2.75) is 38.8 Å². The van der Waals surface area contributed by atoms with E-state index in [-0.39, 0.29) is 17.2 Å². The van der Waals surface area contributed by atoms with Crippen molar-refractivity contribution in [3.8, 4) is 0 Å². The largest absolute Gasteiger partial charge is 0.394 e. The predicted octanol–water partition coefficient (Wildman–Crippen LogP) is 3.12. The highest BCUT2D eigenvalue weighted by molar-refractivity contribution is 6.31. The quantitative estimate of drug-likeness (QED) is 0.823. The second kappa shape index (κ2) is 6.34. The van der Waals surface area contributed by atoms with Crippen LogP contribution in [0.25, 0.3) is 0 Å². The van der Waals surface area contributed by atoms with E-state index in [2.05, 4.69) is 5.32 Å². The summed E-state index contributed by atoms with van der Waals surface area (Å²) in [6.45, 7) is 4.55. The summed E-state index contributed by atoms with van der Waals surface area (Å²) in [4.78, 5) is 0. The molecule has 0 fully saturated rings. The van der Waals surface area contributed by atoms with Crippen LogP contribution in [0.4, 0.5) is 4.39 Å². The molecule has 2 nitrogen and oxygen atoms in total. The molecule has 0 heterocycles. The molecule has 0 aliphatic heterocycles. The summed E-state index contributed by atoms with van der Waals surface area (Å²) in [5, 5.41) is 12.8. The fourth-order valence-electron chi connectivity index (χ4n) is 1.75. The number of hydrogen-bond acceptors (Lipinski definition) is 2. The molecule has 96 valence electrons. The van der Waals surface area contributed by atoms with E-state index < -0.39 is 5.82 Å². The zero-order valence-electron chi connectivity index (χ0n) is 10.3. The molecule has 0 saturated heterocycles. The highest BCUT2D eigenvalue weighted by atomic mass is 35.5. The molecule has 1 aromatic rings. The number of aliphatic hydroxyl groups excluding tert-OH is 1. The van der Waals surface area contributed by atoms with E-state index in [1.807, 2.05) is 13.8 Å². The van der Waals surface area contributed by atoms with E-state index in [1.165, 1.54) is 6.07 Å². The molecule has 0 amide bonds. The third-order valence-electron chi connectivity index (χ3n) is 3.34. The lowest BCUT2D eigenvalue weighted by molar-refractivity contribution is 0.149. The molecular weight excluding hydrogens is 241 g/mol. The van der Waals surface area contributed by atoms with Gasteiger partial charge in [-0.2, -0.15) is 0 Å². The summed E-state index contributed by atoms with van der Waals surface area (Å²) in [7, 11) is 0. The van der Waals surface area contributed by atoms with Crippen LogP contribution in [-0.4, -0.2) is 17.3 Å². The summed E-state index contributed by atoms with van der Waals surface area (Å²) in [6, 6.07) is 4.76. The molecule has 0 spiro atoms. The van der Waals surface area contributed by atoms with Gasteiger partial charge in [-0.3, -0.25) is 0 Å². The van der Waals surface area contributed by atoms with Crippen molar-refractivity contribution in [2.75, 3.05) is 6.61 Å². The lowest BCUT2D eigenvalue weighted by Crippen LogP contribution is -2.47. The van der Waals surface area contributed by atoms with E-state index >= 15 is 0 Å². The van der Waals surface area contributed by atoms with Crippen molar-refractivity contribution < 1.29 is 9.50 Å². The van der Waals surface area contributed by atoms with Crippen molar-refractivity contribution in [3.63, 3.8) is 0 Å². The second-order valence-electron chi connectivity index (χ2n) is 4.21. The minimum Gasteiger partial charge on any atom is -0.394 e. The Morgan fingerprint density at radius 2 is 2.00 bits per heavy atom. The van der Waals surface area contributed by atoms with E-state index in [0.717, 1.165) is 12.8 Å². The van der Waals surface area contributed by atoms with Gasteiger partial charge in [0.15, 0.2) is 0 Å². The van der Waals surface area contributed by atoms with Gasteiger partial charge in [0.05, 0.1) is 11.6 Å². The molecule has 0 atom stereocenters. The molecule has 0 aromatic heterocycles. The van der Waals surface area contributed by atoms with Crippen molar-refractivity contribution in [2.24, 2.45) is 0 Å². The van der Waals surface area contributed by atoms with Crippen LogP contribution >= 0.6 is 11.6 Å². The summed E-state index contributed by atoms with van der Waals surface area (Å²) in [5.74, 6) is -0.409. The van der Waals surface area contributed by atoms with Gasteiger partial charge in [-0.25, -0.2) is 4.39 Å². The van der Waals surface area contributed by atoms with Crippen LogP contribution in [0.3, 0.4) is 0 Å². The van der Waals surface area contributed by atoms with Crippen LogP contribution < -0.4 is 5.32 Å². The third-order valence-corrected chi connectivity index (χ3v) is 3.76. The Morgan fingerprint density at radius 1 is 1.35 bits per heavy atom. The standard InChI is InChI=1S/C13H19ClFNO/c1-3-13(4-2,9-17)16-8-10-6-5-7-11(15)12(10)14/h5-7,16-17H,3-4,8-9H2,1-2H3. The van der Waals surface area contributed by atoms with Crippen LogP contribution in [-0.2, 0) is 6.54 Å². The first kappa shape index (κ1) is 14.4. The van der Waals surface area contributed by atoms with Gasteiger partial charge in [-0.1, -0.05) is 37.6 Å². The molecule has 17 heavy (non-hydrogen) atoms. The van der Waals surface area contributed by atoms with Crippen LogP contribution in [0, 0.1) is 5.82 Å². The van der Waals surface area contributed by atoms with Crippen LogP contribution in [0.15, 0.2) is 18.2 Å². The minimum absolute atomic E-state index is 0.0624. The highest BCUT2D eigenvalue weighted by Gasteiger charge is 2.24. The van der Waals surface area contributed by atoms with E-state index in [4.69, 9.17) is 11.6 Å². The van der Waals surface area contributed by atoms with Gasteiger partial charge in [-0.15, -0.1) is 0 Å². The fraction of sp³-hybridized carbons (Fsp3) is 0.538. The minimum atomic E-state index is -0.409. The van der Waals surface area contributed by atoms with Crippen LogP contribution in [0.5, 0.6) is 0 Å². The van der Waals surface area contributed by atoms with E-state index in [9.17, 15) is 9.50 Å². The number of hydrogen-bond donors (Lipinski definition) is 2. The average molecular weight is 260 g/mol. The Hall–Kier alpha value is -0.640. The number of rotatable bonds is 6. The normalized spacial score (nSPS) is 11.8. The zero-order chi connectivity index (χ0) is 12.9. The smallest absolute Gasteiger partial charge is 0.142 e. The number of benzene rings is 1. The summed E-state index contributed by atoms with van der Waals surface area (Å²) in [6.07, 6.45) is 1.62. The Bertz CT molecular complexity index is 358. The topological polar surface area (TPSA) is 32.3 Å². The highest BCUT2D eigenvalue weighted by Crippen LogP contribution is 2.21. The Balaban J connectivity index is 2.75. The van der Waals surface area contributed by atoms with Crippen molar-refractivity contribution in [1.82, 2.24) is 5.32 Å². The fourth-order valence-corrected chi connectivity index (χ4v) is 1.94. The SMILES string of the molecule is CCC(CC)(CO)NCc1cccc(F)c1Cl.